The molecule has 2 rings (SSSR count). The van der Waals surface area contributed by atoms with Gasteiger partial charge in [0.2, 0.25) is 5.89 Å². The molecule has 2 aromatic rings. The van der Waals surface area contributed by atoms with Gasteiger partial charge in [0.25, 0.3) is 5.22 Å². The minimum Gasteiger partial charge on any atom is -0.414 e. The molecular weight excluding hydrogens is 310 g/mol. The summed E-state index contributed by atoms with van der Waals surface area (Å²) < 4.78 is 5.45. The highest BCUT2D eigenvalue weighted by atomic mass is 35.5. The number of halogens is 1. The van der Waals surface area contributed by atoms with Gasteiger partial charge < -0.3 is 10.2 Å². The van der Waals surface area contributed by atoms with Gasteiger partial charge >= 0.3 is 0 Å². The van der Waals surface area contributed by atoms with Gasteiger partial charge in [0, 0.05) is 10.6 Å². The quantitative estimate of drug-likeness (QED) is 0.648. The number of aromatic nitrogens is 2. The second kappa shape index (κ2) is 7.06. The Labute approximate surface area is 132 Å². The summed E-state index contributed by atoms with van der Waals surface area (Å²) in [5, 5.41) is 8.75. The molecule has 0 bridgehead atoms. The van der Waals surface area contributed by atoms with Crippen LogP contribution < -0.4 is 5.73 Å². The molecule has 1 aromatic heterocycles. The number of rotatable bonds is 6. The fraction of sp³-hybridized carbons (Fsp3) is 0.357. The highest BCUT2D eigenvalue weighted by Gasteiger charge is 2.18. The summed E-state index contributed by atoms with van der Waals surface area (Å²) in [6.07, 6.45) is 0. The van der Waals surface area contributed by atoms with Crippen molar-refractivity contribution in [3.63, 3.8) is 0 Å². The summed E-state index contributed by atoms with van der Waals surface area (Å²) in [7, 11) is 0. The third-order valence-corrected chi connectivity index (χ3v) is 3.99. The summed E-state index contributed by atoms with van der Waals surface area (Å²) in [4.78, 5) is 12.0. The average Bonchev–Trinajstić information content (AvgIpc) is 2.93. The van der Waals surface area contributed by atoms with Crippen molar-refractivity contribution in [3.05, 3.63) is 40.7 Å². The lowest BCUT2D eigenvalue weighted by Crippen LogP contribution is -2.16. The van der Waals surface area contributed by atoms with Crippen LogP contribution in [0.5, 0.6) is 0 Å². The number of nitrogens with two attached hydrogens (primary N) is 1. The summed E-state index contributed by atoms with van der Waals surface area (Å²) in [5.41, 5.74) is 6.53. The van der Waals surface area contributed by atoms with Gasteiger partial charge in [-0.2, -0.15) is 0 Å². The Morgan fingerprint density at radius 2 is 2.00 bits per heavy atom. The second-order valence-electron chi connectivity index (χ2n) is 4.89. The highest BCUT2D eigenvalue weighted by molar-refractivity contribution is 7.99. The molecule has 2 N–H and O–H groups in total. The summed E-state index contributed by atoms with van der Waals surface area (Å²) in [6.45, 7) is 3.96. The normalized spacial score (nSPS) is 12.6. The maximum absolute atomic E-state index is 12.0. The molecule has 0 saturated heterocycles. The molecule has 0 unspecified atom stereocenters. The molecule has 0 spiro atoms. The summed E-state index contributed by atoms with van der Waals surface area (Å²) >= 11 is 6.98. The molecule has 0 amide bonds. The molecule has 7 heteroatoms. The number of carbonyl (C=O) groups is 1. The Morgan fingerprint density at radius 1 is 1.33 bits per heavy atom. The molecular formula is C14H16ClN3O2S. The molecule has 0 aliphatic carbocycles. The van der Waals surface area contributed by atoms with E-state index < -0.39 is 0 Å². The van der Waals surface area contributed by atoms with E-state index in [1.54, 1.807) is 24.3 Å². The zero-order chi connectivity index (χ0) is 15.4. The molecule has 0 aliphatic heterocycles. The van der Waals surface area contributed by atoms with Crippen LogP contribution in [0, 0.1) is 5.92 Å². The van der Waals surface area contributed by atoms with Gasteiger partial charge in [0.1, 0.15) is 0 Å². The predicted molar refractivity (Wildman–Crippen MR) is 82.6 cm³/mol. The van der Waals surface area contributed by atoms with Crippen LogP contribution in [0.15, 0.2) is 33.9 Å². The van der Waals surface area contributed by atoms with Crippen molar-refractivity contribution >= 4 is 29.1 Å². The molecule has 1 aromatic carbocycles. The van der Waals surface area contributed by atoms with Crippen LogP contribution in [0.3, 0.4) is 0 Å². The molecule has 5 nitrogen and oxygen atoms in total. The number of hydrogen-bond acceptors (Lipinski definition) is 6. The van der Waals surface area contributed by atoms with Gasteiger partial charge in [-0.3, -0.25) is 4.79 Å². The van der Waals surface area contributed by atoms with Crippen molar-refractivity contribution in [1.29, 1.82) is 0 Å². The Morgan fingerprint density at radius 3 is 2.62 bits per heavy atom. The van der Waals surface area contributed by atoms with Gasteiger partial charge in [0.05, 0.1) is 11.8 Å². The van der Waals surface area contributed by atoms with E-state index in [1.807, 2.05) is 13.8 Å². The minimum absolute atomic E-state index is 0.0235. The summed E-state index contributed by atoms with van der Waals surface area (Å²) in [5.74, 6) is 0.801. The maximum Gasteiger partial charge on any atom is 0.277 e. The number of thioether (sulfide) groups is 1. The first kappa shape index (κ1) is 16.0. The van der Waals surface area contributed by atoms with E-state index in [9.17, 15) is 4.79 Å². The molecule has 0 radical (unpaired) electrons. The van der Waals surface area contributed by atoms with E-state index >= 15 is 0 Å². The van der Waals surface area contributed by atoms with E-state index in [0.29, 0.717) is 21.7 Å². The van der Waals surface area contributed by atoms with E-state index in [-0.39, 0.29) is 23.5 Å². The third kappa shape index (κ3) is 4.30. The van der Waals surface area contributed by atoms with Crippen molar-refractivity contribution in [2.45, 2.75) is 25.1 Å². The number of nitrogens with zero attached hydrogens (tertiary/aromatic N) is 2. The van der Waals surface area contributed by atoms with Crippen molar-refractivity contribution < 1.29 is 9.21 Å². The highest BCUT2D eigenvalue weighted by Crippen LogP contribution is 2.23. The number of benzene rings is 1. The molecule has 112 valence electrons. The van der Waals surface area contributed by atoms with Gasteiger partial charge in [-0.25, -0.2) is 0 Å². The van der Waals surface area contributed by atoms with Crippen LogP contribution in [0.4, 0.5) is 0 Å². The van der Waals surface area contributed by atoms with E-state index in [0.717, 1.165) is 0 Å². The van der Waals surface area contributed by atoms with Crippen LogP contribution in [0.2, 0.25) is 5.02 Å². The van der Waals surface area contributed by atoms with Crippen molar-refractivity contribution in [2.24, 2.45) is 11.7 Å². The SMILES string of the molecule is CC(C)[C@H](N)c1nnc(SCC(=O)c2ccc(Cl)cc2)o1. The minimum atomic E-state index is -0.293. The lowest BCUT2D eigenvalue weighted by atomic mass is 10.1. The second-order valence-corrected chi connectivity index (χ2v) is 6.26. The Bertz CT molecular complexity index is 613. The summed E-state index contributed by atoms with van der Waals surface area (Å²) in [6, 6.07) is 6.47. The zero-order valence-electron chi connectivity index (χ0n) is 11.7. The van der Waals surface area contributed by atoms with E-state index in [4.69, 9.17) is 21.8 Å². The van der Waals surface area contributed by atoms with E-state index in [2.05, 4.69) is 10.2 Å². The molecule has 21 heavy (non-hydrogen) atoms. The molecule has 0 fully saturated rings. The number of ketones is 1. The van der Waals surface area contributed by atoms with Gasteiger partial charge in [0.15, 0.2) is 5.78 Å². The fourth-order valence-electron chi connectivity index (χ4n) is 1.54. The largest absolute Gasteiger partial charge is 0.414 e. The molecule has 1 heterocycles. The van der Waals surface area contributed by atoms with Crippen molar-refractivity contribution in [2.75, 3.05) is 5.75 Å². The number of hydrogen-bond donors (Lipinski definition) is 1. The first-order chi connectivity index (χ1) is 9.97. The Hall–Kier alpha value is -1.37. The maximum atomic E-state index is 12.0. The topological polar surface area (TPSA) is 82.0 Å². The van der Waals surface area contributed by atoms with Gasteiger partial charge in [-0.15, -0.1) is 10.2 Å². The lowest BCUT2D eigenvalue weighted by molar-refractivity contribution is 0.102. The molecule has 0 aliphatic rings. The lowest BCUT2D eigenvalue weighted by Gasteiger charge is -2.09. The smallest absolute Gasteiger partial charge is 0.277 e. The van der Waals surface area contributed by atoms with Crippen molar-refractivity contribution in [1.82, 2.24) is 10.2 Å². The monoisotopic (exact) mass is 325 g/mol. The van der Waals surface area contributed by atoms with Crippen LogP contribution >= 0.6 is 23.4 Å². The standard InChI is InChI=1S/C14H16ClN3O2S/c1-8(2)12(16)13-17-18-14(20-13)21-7-11(19)9-3-5-10(15)6-4-9/h3-6,8,12H,7,16H2,1-2H3/t12-/m0/s1. The Kier molecular flexibility index (Phi) is 5.39. The van der Waals surface area contributed by atoms with E-state index in [1.165, 1.54) is 11.8 Å². The number of carbonyl (C=O) groups excluding carboxylic acids is 1. The average molecular weight is 326 g/mol. The van der Waals surface area contributed by atoms with Crippen LogP contribution in [-0.2, 0) is 0 Å². The molecule has 0 saturated carbocycles. The van der Waals surface area contributed by atoms with Gasteiger partial charge in [-0.1, -0.05) is 37.2 Å². The van der Waals surface area contributed by atoms with Crippen molar-refractivity contribution in [3.8, 4) is 0 Å². The van der Waals surface area contributed by atoms with Crippen LogP contribution in [0.1, 0.15) is 36.1 Å². The zero-order valence-corrected chi connectivity index (χ0v) is 13.3. The third-order valence-electron chi connectivity index (χ3n) is 2.92. The predicted octanol–water partition coefficient (Wildman–Crippen LogP) is 3.35. The first-order valence-electron chi connectivity index (χ1n) is 6.48. The molecule has 1 atom stereocenters. The number of Topliss-reactive ketones (excluding diaryl/α,β-unsaturated/α-hetero) is 1. The fourth-order valence-corrected chi connectivity index (χ4v) is 2.34. The van der Waals surface area contributed by atoms with Gasteiger partial charge in [-0.05, 0) is 30.2 Å². The first-order valence-corrected chi connectivity index (χ1v) is 7.84. The Balaban J connectivity index is 1.94. The van der Waals surface area contributed by atoms with Crippen LogP contribution in [-0.4, -0.2) is 21.7 Å². The van der Waals surface area contributed by atoms with Crippen LogP contribution in [0.25, 0.3) is 0 Å².